The minimum atomic E-state index is -0.994. The molecule has 2 aromatic carbocycles. The van der Waals surface area contributed by atoms with E-state index in [0.717, 1.165) is 22.3 Å². The number of fused-ring (bicyclic) bond motifs is 3. The van der Waals surface area contributed by atoms with Gasteiger partial charge in [0.2, 0.25) is 5.91 Å². The highest BCUT2D eigenvalue weighted by atomic mass is 16.5. The Kier molecular flexibility index (Phi) is 8.46. The topological polar surface area (TPSA) is 105 Å². The first-order chi connectivity index (χ1) is 16.3. The number of hydrogen-bond acceptors (Lipinski definition) is 4. The Bertz CT molecular complexity index is 1000. The lowest BCUT2D eigenvalue weighted by Crippen LogP contribution is -2.51. The number of rotatable bonds is 11. The fourth-order valence-electron chi connectivity index (χ4n) is 4.26. The van der Waals surface area contributed by atoms with Gasteiger partial charge in [-0.1, -0.05) is 68.5 Å². The molecule has 2 atom stereocenters. The van der Waals surface area contributed by atoms with Crippen molar-refractivity contribution in [3.05, 3.63) is 72.3 Å². The van der Waals surface area contributed by atoms with E-state index in [1.54, 1.807) is 6.08 Å². The fourth-order valence-corrected chi connectivity index (χ4v) is 4.26. The van der Waals surface area contributed by atoms with Crippen LogP contribution in [0.15, 0.2) is 61.2 Å². The van der Waals surface area contributed by atoms with Gasteiger partial charge in [-0.05, 0) is 41.0 Å². The first kappa shape index (κ1) is 25.0. The number of carboxylic acid groups (broad SMARTS) is 1. The van der Waals surface area contributed by atoms with Crippen LogP contribution in [-0.4, -0.2) is 41.8 Å². The second-order valence-electron chi connectivity index (χ2n) is 8.85. The van der Waals surface area contributed by atoms with Crippen molar-refractivity contribution >= 4 is 18.0 Å². The number of allylic oxidation sites excluding steroid dienone is 1. The van der Waals surface area contributed by atoms with Crippen LogP contribution in [0.2, 0.25) is 0 Å². The summed E-state index contributed by atoms with van der Waals surface area (Å²) >= 11 is 0. The van der Waals surface area contributed by atoms with E-state index in [1.807, 2.05) is 50.2 Å². The lowest BCUT2D eigenvalue weighted by molar-refractivity contribution is -0.138. The number of carboxylic acids is 1. The van der Waals surface area contributed by atoms with Gasteiger partial charge in [-0.2, -0.15) is 0 Å². The van der Waals surface area contributed by atoms with E-state index in [1.165, 1.54) is 0 Å². The molecule has 1 aliphatic carbocycles. The maximum absolute atomic E-state index is 12.9. The molecule has 0 aromatic heterocycles. The molecule has 3 N–H and O–H groups in total. The lowest BCUT2D eigenvalue weighted by atomic mass is 9.98. The highest BCUT2D eigenvalue weighted by Gasteiger charge is 2.30. The first-order valence-corrected chi connectivity index (χ1v) is 11.6. The van der Waals surface area contributed by atoms with Crippen LogP contribution in [0, 0.1) is 5.92 Å². The summed E-state index contributed by atoms with van der Waals surface area (Å²) in [4.78, 5) is 36.7. The summed E-state index contributed by atoms with van der Waals surface area (Å²) in [6.07, 6.45) is 1.62. The summed E-state index contributed by atoms with van der Waals surface area (Å²) < 4.78 is 5.57. The molecule has 0 heterocycles. The summed E-state index contributed by atoms with van der Waals surface area (Å²) in [5.74, 6) is -1.59. The number of hydrogen-bond donors (Lipinski definition) is 3. The maximum Gasteiger partial charge on any atom is 0.407 e. The second kappa shape index (κ2) is 11.5. The minimum absolute atomic E-state index is 0.0745. The molecular weight excluding hydrogens is 432 g/mol. The van der Waals surface area contributed by atoms with Gasteiger partial charge in [0.1, 0.15) is 12.6 Å². The molecule has 0 bridgehead atoms. The predicted octanol–water partition coefficient (Wildman–Crippen LogP) is 4.48. The Morgan fingerprint density at radius 3 is 2.15 bits per heavy atom. The Morgan fingerprint density at radius 2 is 1.62 bits per heavy atom. The minimum Gasteiger partial charge on any atom is -0.481 e. The molecule has 7 heteroatoms. The van der Waals surface area contributed by atoms with Crippen molar-refractivity contribution in [2.24, 2.45) is 5.92 Å². The van der Waals surface area contributed by atoms with E-state index in [-0.39, 0.29) is 24.9 Å². The molecule has 7 nitrogen and oxygen atoms in total. The molecule has 0 saturated heterocycles. The van der Waals surface area contributed by atoms with Gasteiger partial charge >= 0.3 is 12.1 Å². The van der Waals surface area contributed by atoms with E-state index < -0.39 is 30.1 Å². The molecule has 0 saturated carbocycles. The normalized spacial score (nSPS) is 14.0. The van der Waals surface area contributed by atoms with E-state index >= 15 is 0 Å². The number of carbonyl (C=O) groups is 3. The van der Waals surface area contributed by atoms with Gasteiger partial charge in [0.15, 0.2) is 0 Å². The summed E-state index contributed by atoms with van der Waals surface area (Å²) in [6.45, 7) is 7.50. The highest BCUT2D eigenvalue weighted by molar-refractivity contribution is 5.86. The quantitative estimate of drug-likeness (QED) is 0.426. The summed E-state index contributed by atoms with van der Waals surface area (Å²) in [5, 5.41) is 14.5. The van der Waals surface area contributed by atoms with Crippen molar-refractivity contribution in [1.82, 2.24) is 10.6 Å². The molecule has 3 rings (SSSR count). The summed E-state index contributed by atoms with van der Waals surface area (Å²) in [5.41, 5.74) is 4.47. The third-order valence-electron chi connectivity index (χ3n) is 6.14. The van der Waals surface area contributed by atoms with Crippen molar-refractivity contribution in [2.75, 3.05) is 6.61 Å². The van der Waals surface area contributed by atoms with Gasteiger partial charge in [0, 0.05) is 12.0 Å². The lowest BCUT2D eigenvalue weighted by Gasteiger charge is -2.25. The summed E-state index contributed by atoms with van der Waals surface area (Å²) in [7, 11) is 0. The SMILES string of the molecule is C=CCCC(NC(=O)OCC1c2ccccc2-c2ccccc21)C(=O)N[C@H](CC(=O)O)C(C)C. The fraction of sp³-hybridized carbons (Fsp3) is 0.370. The second-order valence-corrected chi connectivity index (χ2v) is 8.85. The Hall–Kier alpha value is -3.61. The van der Waals surface area contributed by atoms with Crippen molar-refractivity contribution in [2.45, 2.75) is 51.1 Å². The molecule has 0 aliphatic heterocycles. The van der Waals surface area contributed by atoms with Gasteiger partial charge in [-0.25, -0.2) is 4.79 Å². The van der Waals surface area contributed by atoms with Crippen molar-refractivity contribution in [3.63, 3.8) is 0 Å². The van der Waals surface area contributed by atoms with Gasteiger partial charge < -0.3 is 20.5 Å². The molecule has 0 fully saturated rings. The third kappa shape index (κ3) is 6.04. The number of nitrogens with one attached hydrogen (secondary N) is 2. The number of aliphatic carboxylic acids is 1. The Morgan fingerprint density at radius 1 is 1.03 bits per heavy atom. The van der Waals surface area contributed by atoms with Crippen molar-refractivity contribution in [1.29, 1.82) is 0 Å². The van der Waals surface area contributed by atoms with Crippen LogP contribution < -0.4 is 10.6 Å². The van der Waals surface area contributed by atoms with Gasteiger partial charge in [0.05, 0.1) is 6.42 Å². The maximum atomic E-state index is 12.9. The zero-order valence-electron chi connectivity index (χ0n) is 19.6. The van der Waals surface area contributed by atoms with Crippen LogP contribution in [0.1, 0.15) is 50.2 Å². The van der Waals surface area contributed by atoms with Crippen molar-refractivity contribution < 1.29 is 24.2 Å². The molecule has 2 amide bonds. The molecule has 34 heavy (non-hydrogen) atoms. The molecule has 0 radical (unpaired) electrons. The molecule has 1 unspecified atom stereocenters. The van der Waals surface area contributed by atoms with Crippen LogP contribution in [0.5, 0.6) is 0 Å². The monoisotopic (exact) mass is 464 g/mol. The van der Waals surface area contributed by atoms with E-state index in [2.05, 4.69) is 29.3 Å². The number of alkyl carbamates (subject to hydrolysis) is 1. The van der Waals surface area contributed by atoms with Crippen LogP contribution in [0.25, 0.3) is 11.1 Å². The zero-order chi connectivity index (χ0) is 24.7. The summed E-state index contributed by atoms with van der Waals surface area (Å²) in [6, 6.07) is 14.7. The standard InChI is InChI=1S/C27H32N2O5/c1-4-5-14-23(26(32)28-24(17(2)3)15-25(30)31)29-27(33)34-16-22-20-12-8-6-10-18(20)19-11-7-9-13-21(19)22/h4,6-13,17,22-24H,1,5,14-16H2,2-3H3,(H,28,32)(H,29,33)(H,30,31)/t23?,24-/m1/s1. The van der Waals surface area contributed by atoms with Crippen LogP contribution in [0.4, 0.5) is 4.79 Å². The third-order valence-corrected chi connectivity index (χ3v) is 6.14. The largest absolute Gasteiger partial charge is 0.481 e. The van der Waals surface area contributed by atoms with Gasteiger partial charge in [-0.3, -0.25) is 9.59 Å². The molecular formula is C27H32N2O5. The first-order valence-electron chi connectivity index (χ1n) is 11.6. The van der Waals surface area contributed by atoms with Gasteiger partial charge in [-0.15, -0.1) is 6.58 Å². The molecule has 2 aromatic rings. The van der Waals surface area contributed by atoms with Crippen LogP contribution in [0.3, 0.4) is 0 Å². The van der Waals surface area contributed by atoms with E-state index in [9.17, 15) is 14.4 Å². The van der Waals surface area contributed by atoms with E-state index in [4.69, 9.17) is 9.84 Å². The highest BCUT2D eigenvalue weighted by Crippen LogP contribution is 2.44. The Balaban J connectivity index is 1.65. The number of benzene rings is 2. The smallest absolute Gasteiger partial charge is 0.407 e. The molecule has 180 valence electrons. The van der Waals surface area contributed by atoms with Gasteiger partial charge in [0.25, 0.3) is 0 Å². The average Bonchev–Trinajstić information content (AvgIpc) is 3.13. The van der Waals surface area contributed by atoms with E-state index in [0.29, 0.717) is 12.8 Å². The Labute approximate surface area is 200 Å². The number of carbonyl (C=O) groups excluding carboxylic acids is 2. The number of ether oxygens (including phenoxy) is 1. The predicted molar refractivity (Wildman–Crippen MR) is 130 cm³/mol. The molecule has 0 spiro atoms. The number of amides is 2. The molecule has 1 aliphatic rings. The van der Waals surface area contributed by atoms with Crippen LogP contribution in [-0.2, 0) is 14.3 Å². The average molecular weight is 465 g/mol. The van der Waals surface area contributed by atoms with Crippen molar-refractivity contribution in [3.8, 4) is 11.1 Å². The van der Waals surface area contributed by atoms with Crippen LogP contribution >= 0.6 is 0 Å². The zero-order valence-corrected chi connectivity index (χ0v) is 19.6.